The Balaban J connectivity index is 2.19. The molecular formula is C12H18O2. The van der Waals surface area contributed by atoms with E-state index in [9.17, 15) is 4.79 Å². The molecule has 0 aliphatic heterocycles. The van der Waals surface area contributed by atoms with Crippen LogP contribution in [0.25, 0.3) is 0 Å². The highest BCUT2D eigenvalue weighted by Crippen LogP contribution is 2.61. The molecule has 0 N–H and O–H groups in total. The van der Waals surface area contributed by atoms with Crippen LogP contribution in [0.5, 0.6) is 0 Å². The summed E-state index contributed by atoms with van der Waals surface area (Å²) in [5.41, 5.74) is -0.157. The molecule has 78 valence electrons. The van der Waals surface area contributed by atoms with E-state index in [1.165, 1.54) is 0 Å². The van der Waals surface area contributed by atoms with Gasteiger partial charge in [0.15, 0.2) is 0 Å². The fraction of sp³-hybridized carbons (Fsp3) is 0.750. The van der Waals surface area contributed by atoms with Gasteiger partial charge in [-0.25, -0.2) is 0 Å². The van der Waals surface area contributed by atoms with Crippen molar-refractivity contribution in [3.8, 4) is 0 Å². The number of hydrogen-bond acceptors (Lipinski definition) is 2. The van der Waals surface area contributed by atoms with E-state index in [0.717, 1.165) is 12.8 Å². The van der Waals surface area contributed by atoms with Crippen molar-refractivity contribution in [2.24, 2.45) is 11.3 Å². The molecule has 0 aromatic carbocycles. The lowest BCUT2D eigenvalue weighted by atomic mass is 9.48. The van der Waals surface area contributed by atoms with E-state index in [1.807, 2.05) is 6.92 Å². The minimum absolute atomic E-state index is 0.0805. The van der Waals surface area contributed by atoms with Crippen LogP contribution < -0.4 is 0 Å². The van der Waals surface area contributed by atoms with E-state index < -0.39 is 0 Å². The number of ether oxygens (including phenoxy) is 1. The van der Waals surface area contributed by atoms with Crippen LogP contribution in [-0.2, 0) is 9.53 Å². The van der Waals surface area contributed by atoms with Crippen molar-refractivity contribution >= 4 is 5.97 Å². The molecule has 1 fully saturated rings. The van der Waals surface area contributed by atoms with Gasteiger partial charge in [0.05, 0.1) is 0 Å². The normalized spacial score (nSPS) is 37.5. The number of rotatable bonds is 2. The molecule has 0 unspecified atom stereocenters. The maximum absolute atomic E-state index is 11.3. The van der Waals surface area contributed by atoms with Crippen LogP contribution in [-0.4, -0.2) is 11.6 Å². The molecule has 2 heteroatoms. The second-order valence-corrected chi connectivity index (χ2v) is 4.98. The fourth-order valence-electron chi connectivity index (χ4n) is 2.66. The van der Waals surface area contributed by atoms with Gasteiger partial charge in [0.1, 0.15) is 5.60 Å². The zero-order valence-electron chi connectivity index (χ0n) is 9.17. The van der Waals surface area contributed by atoms with E-state index in [0.29, 0.717) is 12.3 Å². The number of hydrogen-bond donors (Lipinski definition) is 0. The number of esters is 1. The number of carbonyl (C=O) groups excluding carboxylic acids is 1. The van der Waals surface area contributed by atoms with Gasteiger partial charge in [-0.3, -0.25) is 4.79 Å². The van der Waals surface area contributed by atoms with Crippen LogP contribution in [0.15, 0.2) is 12.2 Å². The lowest BCUT2D eigenvalue weighted by Crippen LogP contribution is -2.63. The summed E-state index contributed by atoms with van der Waals surface area (Å²) in [4.78, 5) is 11.3. The van der Waals surface area contributed by atoms with Crippen molar-refractivity contribution in [3.05, 3.63) is 12.2 Å². The summed E-state index contributed by atoms with van der Waals surface area (Å²) in [6, 6.07) is 0. The zero-order valence-corrected chi connectivity index (χ0v) is 9.17. The Morgan fingerprint density at radius 2 is 2.29 bits per heavy atom. The third-order valence-corrected chi connectivity index (χ3v) is 4.05. The second kappa shape index (κ2) is 2.85. The van der Waals surface area contributed by atoms with Crippen LogP contribution in [0, 0.1) is 11.3 Å². The minimum atomic E-state index is -0.289. The Bertz CT molecular complexity index is 291. The largest absolute Gasteiger partial charge is 0.454 e. The van der Waals surface area contributed by atoms with Crippen molar-refractivity contribution in [3.63, 3.8) is 0 Å². The smallest absolute Gasteiger partial charge is 0.306 e. The van der Waals surface area contributed by atoms with Gasteiger partial charge in [-0.15, -0.1) is 0 Å². The molecule has 0 amide bonds. The van der Waals surface area contributed by atoms with E-state index >= 15 is 0 Å². The molecule has 0 saturated heterocycles. The summed E-state index contributed by atoms with van der Waals surface area (Å²) in [5, 5.41) is 0. The minimum Gasteiger partial charge on any atom is -0.454 e. The highest BCUT2D eigenvalue weighted by Gasteiger charge is 2.62. The predicted octanol–water partition coefficient (Wildman–Crippen LogP) is 2.68. The molecule has 2 bridgehead atoms. The Kier molecular flexibility index (Phi) is 1.98. The van der Waals surface area contributed by atoms with Gasteiger partial charge in [-0.2, -0.15) is 0 Å². The average molecular weight is 194 g/mol. The molecule has 0 aromatic heterocycles. The Labute approximate surface area is 85.3 Å². The molecule has 2 atom stereocenters. The lowest BCUT2D eigenvalue weighted by molar-refractivity contribution is -0.208. The highest BCUT2D eigenvalue weighted by atomic mass is 16.6. The molecule has 0 heterocycles. The quantitative estimate of drug-likeness (QED) is 0.499. The average Bonchev–Trinajstić information content (AvgIpc) is 2.18. The monoisotopic (exact) mass is 194 g/mol. The predicted molar refractivity (Wildman–Crippen MR) is 54.8 cm³/mol. The topological polar surface area (TPSA) is 26.3 Å². The third-order valence-electron chi connectivity index (χ3n) is 4.05. The summed E-state index contributed by atoms with van der Waals surface area (Å²) < 4.78 is 5.58. The molecule has 14 heavy (non-hydrogen) atoms. The van der Waals surface area contributed by atoms with Gasteiger partial charge in [-0.1, -0.05) is 26.8 Å². The molecule has 2 nitrogen and oxygen atoms in total. The molecular weight excluding hydrogens is 176 g/mol. The maximum atomic E-state index is 11.3. The Morgan fingerprint density at radius 1 is 1.57 bits per heavy atom. The first-order valence-corrected chi connectivity index (χ1v) is 5.41. The number of carbonyl (C=O) groups is 1. The molecule has 0 spiro atoms. The van der Waals surface area contributed by atoms with Gasteiger partial charge in [0.25, 0.3) is 0 Å². The third kappa shape index (κ3) is 1.06. The van der Waals surface area contributed by atoms with E-state index in [4.69, 9.17) is 4.74 Å². The van der Waals surface area contributed by atoms with E-state index in [-0.39, 0.29) is 17.0 Å². The van der Waals surface area contributed by atoms with Crippen molar-refractivity contribution in [2.75, 3.05) is 0 Å². The molecule has 3 aliphatic rings. The summed E-state index contributed by atoms with van der Waals surface area (Å²) in [7, 11) is 0. The van der Waals surface area contributed by atoms with Crippen LogP contribution in [0.3, 0.4) is 0 Å². The highest BCUT2D eigenvalue weighted by molar-refractivity contribution is 5.70. The second-order valence-electron chi connectivity index (χ2n) is 4.98. The van der Waals surface area contributed by atoms with Crippen LogP contribution in [0.1, 0.15) is 40.0 Å². The summed E-state index contributed by atoms with van der Waals surface area (Å²) in [6.45, 7) is 6.25. The SMILES string of the molecule is CCC(=O)O[C@@]12C=CC[C@H](C1)C2(C)C. The van der Waals surface area contributed by atoms with Gasteiger partial charge < -0.3 is 4.74 Å². The number of allylic oxidation sites excluding steroid dienone is 1. The van der Waals surface area contributed by atoms with Crippen molar-refractivity contribution in [1.82, 2.24) is 0 Å². The van der Waals surface area contributed by atoms with Crippen molar-refractivity contribution in [2.45, 2.75) is 45.6 Å². The van der Waals surface area contributed by atoms with Crippen molar-refractivity contribution < 1.29 is 9.53 Å². The molecule has 3 aliphatic carbocycles. The van der Waals surface area contributed by atoms with Gasteiger partial charge in [0.2, 0.25) is 0 Å². The first-order chi connectivity index (χ1) is 6.52. The zero-order chi connectivity index (χ0) is 10.4. The van der Waals surface area contributed by atoms with Gasteiger partial charge >= 0.3 is 5.97 Å². The first-order valence-electron chi connectivity index (χ1n) is 5.41. The summed E-state index contributed by atoms with van der Waals surface area (Å²) >= 11 is 0. The Morgan fingerprint density at radius 3 is 2.79 bits per heavy atom. The Hall–Kier alpha value is -0.790. The molecule has 1 saturated carbocycles. The van der Waals surface area contributed by atoms with Crippen LogP contribution in [0.4, 0.5) is 0 Å². The van der Waals surface area contributed by atoms with E-state index in [1.54, 1.807) is 0 Å². The summed E-state index contributed by atoms with van der Waals surface area (Å²) in [5.74, 6) is 0.611. The standard InChI is InChI=1S/C12H18O2/c1-4-10(13)14-12-7-5-6-9(8-12)11(12,2)3/h5,7,9H,4,6,8H2,1-3H3/t9-,12+/m1/s1. The van der Waals surface area contributed by atoms with Crippen LogP contribution in [0.2, 0.25) is 0 Å². The van der Waals surface area contributed by atoms with E-state index in [2.05, 4.69) is 26.0 Å². The molecule has 0 radical (unpaired) electrons. The molecule has 0 aromatic rings. The van der Waals surface area contributed by atoms with Crippen LogP contribution >= 0.6 is 0 Å². The summed E-state index contributed by atoms with van der Waals surface area (Å²) in [6.07, 6.45) is 6.87. The maximum Gasteiger partial charge on any atom is 0.306 e. The number of fused-ring (bicyclic) bond motifs is 1. The van der Waals surface area contributed by atoms with Gasteiger partial charge in [-0.05, 0) is 24.8 Å². The van der Waals surface area contributed by atoms with Gasteiger partial charge in [0, 0.05) is 11.8 Å². The molecule has 3 rings (SSSR count). The fourth-order valence-corrected chi connectivity index (χ4v) is 2.66. The first kappa shape index (κ1) is 9.75. The van der Waals surface area contributed by atoms with Crippen molar-refractivity contribution in [1.29, 1.82) is 0 Å². The lowest BCUT2D eigenvalue weighted by Gasteiger charge is -2.61.